The van der Waals surface area contributed by atoms with Gasteiger partial charge in [-0.15, -0.1) is 0 Å². The van der Waals surface area contributed by atoms with E-state index < -0.39 is 0 Å². The normalized spacial score (nSPS) is 17.8. The van der Waals surface area contributed by atoms with Gasteiger partial charge in [-0.3, -0.25) is 0 Å². The molecule has 1 aromatic heterocycles. The average molecular weight is 335 g/mol. The summed E-state index contributed by atoms with van der Waals surface area (Å²) in [5.74, 6) is 0.896. The number of nitrogens with two attached hydrogens (primary N) is 1. The molecule has 3 rings (SSSR count). The Hall–Kier alpha value is -1.26. The number of hydrogen-bond donors (Lipinski definition) is 1. The molecule has 0 amide bonds. The Labute approximate surface area is 127 Å². The van der Waals surface area contributed by atoms with Crippen molar-refractivity contribution >= 4 is 15.9 Å². The van der Waals surface area contributed by atoms with Crippen molar-refractivity contribution in [2.75, 3.05) is 6.61 Å². The fourth-order valence-electron chi connectivity index (χ4n) is 2.74. The van der Waals surface area contributed by atoms with E-state index in [2.05, 4.69) is 32.9 Å². The fraction of sp³-hybridized carbons (Fsp3) is 0.375. The Balaban J connectivity index is 1.59. The molecule has 106 valence electrons. The Morgan fingerprint density at radius 3 is 3.05 bits per heavy atom. The quantitative estimate of drug-likeness (QED) is 0.926. The van der Waals surface area contributed by atoms with E-state index >= 15 is 0 Å². The predicted molar refractivity (Wildman–Crippen MR) is 83.9 cm³/mol. The van der Waals surface area contributed by atoms with Gasteiger partial charge < -0.3 is 15.0 Å². The van der Waals surface area contributed by atoms with Gasteiger partial charge in [0.1, 0.15) is 12.4 Å². The van der Waals surface area contributed by atoms with E-state index in [1.54, 1.807) is 0 Å². The summed E-state index contributed by atoms with van der Waals surface area (Å²) in [6.07, 6.45) is 7.86. The van der Waals surface area contributed by atoms with E-state index in [9.17, 15) is 0 Å². The van der Waals surface area contributed by atoms with Crippen LogP contribution in [0.3, 0.4) is 0 Å². The first-order valence-electron chi connectivity index (χ1n) is 7.05. The molecule has 2 N–H and O–H groups in total. The van der Waals surface area contributed by atoms with Crippen LogP contribution in [-0.4, -0.2) is 11.2 Å². The molecule has 20 heavy (non-hydrogen) atoms. The SMILES string of the molecule is NC1CCCc2cn(CCOc3cccc(Br)c3)cc21. The number of benzene rings is 1. The molecule has 0 spiro atoms. The zero-order valence-electron chi connectivity index (χ0n) is 11.4. The Bertz CT molecular complexity index is 594. The summed E-state index contributed by atoms with van der Waals surface area (Å²) in [6, 6.07) is 8.14. The van der Waals surface area contributed by atoms with Crippen LogP contribution in [-0.2, 0) is 13.0 Å². The Morgan fingerprint density at radius 1 is 1.35 bits per heavy atom. The lowest BCUT2D eigenvalue weighted by molar-refractivity contribution is 0.298. The monoisotopic (exact) mass is 334 g/mol. The van der Waals surface area contributed by atoms with Crippen LogP contribution in [0.5, 0.6) is 5.75 Å². The molecule has 0 bridgehead atoms. The first-order valence-corrected chi connectivity index (χ1v) is 7.84. The summed E-state index contributed by atoms with van der Waals surface area (Å²) in [4.78, 5) is 0. The van der Waals surface area contributed by atoms with Crippen molar-refractivity contribution in [2.24, 2.45) is 5.73 Å². The first-order chi connectivity index (χ1) is 9.72. The number of aromatic nitrogens is 1. The van der Waals surface area contributed by atoms with Crippen LogP contribution < -0.4 is 10.5 Å². The maximum Gasteiger partial charge on any atom is 0.120 e. The molecule has 2 aromatic rings. The molecule has 1 unspecified atom stereocenters. The van der Waals surface area contributed by atoms with Gasteiger partial charge in [-0.2, -0.15) is 0 Å². The number of halogens is 1. The van der Waals surface area contributed by atoms with Gasteiger partial charge in [0, 0.05) is 22.9 Å². The maximum absolute atomic E-state index is 6.15. The largest absolute Gasteiger partial charge is 0.492 e. The van der Waals surface area contributed by atoms with Crippen molar-refractivity contribution in [3.05, 3.63) is 52.3 Å². The van der Waals surface area contributed by atoms with Crippen LogP contribution in [0.4, 0.5) is 0 Å². The molecular weight excluding hydrogens is 316 g/mol. The highest BCUT2D eigenvalue weighted by Crippen LogP contribution is 2.28. The second kappa shape index (κ2) is 6.02. The van der Waals surface area contributed by atoms with E-state index in [0.29, 0.717) is 6.61 Å². The number of ether oxygens (including phenoxy) is 1. The van der Waals surface area contributed by atoms with Gasteiger partial charge in [-0.25, -0.2) is 0 Å². The third-order valence-electron chi connectivity index (χ3n) is 3.77. The van der Waals surface area contributed by atoms with E-state index in [4.69, 9.17) is 10.5 Å². The minimum absolute atomic E-state index is 0.214. The van der Waals surface area contributed by atoms with Crippen molar-refractivity contribution in [3.63, 3.8) is 0 Å². The number of nitrogens with zero attached hydrogens (tertiary/aromatic N) is 1. The van der Waals surface area contributed by atoms with Crippen LogP contribution in [0, 0.1) is 0 Å². The molecule has 0 saturated heterocycles. The molecule has 0 radical (unpaired) electrons. The Kier molecular flexibility index (Phi) is 4.13. The van der Waals surface area contributed by atoms with Crippen LogP contribution >= 0.6 is 15.9 Å². The molecule has 3 nitrogen and oxygen atoms in total. The van der Waals surface area contributed by atoms with Crippen molar-refractivity contribution in [1.82, 2.24) is 4.57 Å². The third kappa shape index (κ3) is 3.07. The van der Waals surface area contributed by atoms with Gasteiger partial charge in [0.05, 0.1) is 6.54 Å². The second-order valence-corrected chi connectivity index (χ2v) is 6.20. The van der Waals surface area contributed by atoms with Crippen molar-refractivity contribution in [1.29, 1.82) is 0 Å². The van der Waals surface area contributed by atoms with Gasteiger partial charge in [0.2, 0.25) is 0 Å². The van der Waals surface area contributed by atoms with Crippen molar-refractivity contribution in [3.8, 4) is 5.75 Å². The van der Waals surface area contributed by atoms with Crippen LogP contribution in [0.1, 0.15) is 30.0 Å². The van der Waals surface area contributed by atoms with Crippen LogP contribution in [0.15, 0.2) is 41.1 Å². The predicted octanol–water partition coefficient (Wildman–Crippen LogP) is 3.67. The van der Waals surface area contributed by atoms with Gasteiger partial charge in [0.15, 0.2) is 0 Å². The lowest BCUT2D eigenvalue weighted by atomic mass is 9.92. The van der Waals surface area contributed by atoms with Crippen molar-refractivity contribution in [2.45, 2.75) is 31.8 Å². The molecule has 0 saturated carbocycles. The smallest absolute Gasteiger partial charge is 0.120 e. The number of fused-ring (bicyclic) bond motifs is 1. The molecule has 1 aliphatic carbocycles. The summed E-state index contributed by atoms with van der Waals surface area (Å²) in [6.45, 7) is 1.52. The zero-order chi connectivity index (χ0) is 13.9. The van der Waals surface area contributed by atoms with Gasteiger partial charge >= 0.3 is 0 Å². The molecule has 0 aliphatic heterocycles. The molecule has 1 aromatic carbocycles. The molecule has 0 fully saturated rings. The van der Waals surface area contributed by atoms with E-state index in [1.807, 2.05) is 24.3 Å². The van der Waals surface area contributed by atoms with Gasteiger partial charge in [-0.05, 0) is 48.6 Å². The molecule has 1 heterocycles. The third-order valence-corrected chi connectivity index (χ3v) is 4.27. The molecule has 1 aliphatic rings. The van der Waals surface area contributed by atoms with Crippen LogP contribution in [0.25, 0.3) is 0 Å². The first kappa shape index (κ1) is 13.7. The standard InChI is InChI=1S/C16H19BrN2O/c17-13-4-2-5-14(9-13)20-8-7-19-10-12-3-1-6-16(18)15(12)11-19/h2,4-5,9-11,16H,1,3,6-8,18H2. The maximum atomic E-state index is 6.15. The summed E-state index contributed by atoms with van der Waals surface area (Å²) in [5.41, 5.74) is 8.87. The minimum Gasteiger partial charge on any atom is -0.492 e. The number of rotatable bonds is 4. The van der Waals surface area contributed by atoms with Gasteiger partial charge in [0.25, 0.3) is 0 Å². The van der Waals surface area contributed by atoms with E-state index in [1.165, 1.54) is 17.5 Å². The Morgan fingerprint density at radius 2 is 2.25 bits per heavy atom. The summed E-state index contributed by atoms with van der Waals surface area (Å²) >= 11 is 3.44. The summed E-state index contributed by atoms with van der Waals surface area (Å²) in [7, 11) is 0. The molecule has 4 heteroatoms. The lowest BCUT2D eigenvalue weighted by Gasteiger charge is -2.17. The highest BCUT2D eigenvalue weighted by atomic mass is 79.9. The summed E-state index contributed by atoms with van der Waals surface area (Å²) < 4.78 is 9.01. The van der Waals surface area contributed by atoms with E-state index in [0.717, 1.165) is 29.6 Å². The van der Waals surface area contributed by atoms with Crippen LogP contribution in [0.2, 0.25) is 0 Å². The lowest BCUT2D eigenvalue weighted by Crippen LogP contribution is -2.15. The number of hydrogen-bond acceptors (Lipinski definition) is 2. The van der Waals surface area contributed by atoms with Crippen molar-refractivity contribution < 1.29 is 4.74 Å². The minimum atomic E-state index is 0.214. The highest BCUT2D eigenvalue weighted by Gasteiger charge is 2.18. The topological polar surface area (TPSA) is 40.2 Å². The molecular formula is C16H19BrN2O. The zero-order valence-corrected chi connectivity index (χ0v) is 13.0. The summed E-state index contributed by atoms with van der Waals surface area (Å²) in [5, 5.41) is 0. The average Bonchev–Trinajstić information content (AvgIpc) is 2.83. The molecule has 1 atom stereocenters. The highest BCUT2D eigenvalue weighted by molar-refractivity contribution is 9.10. The van der Waals surface area contributed by atoms with Gasteiger partial charge in [-0.1, -0.05) is 22.0 Å². The number of aryl methyl sites for hydroxylation is 1. The second-order valence-electron chi connectivity index (χ2n) is 5.28. The fourth-order valence-corrected chi connectivity index (χ4v) is 3.12. The van der Waals surface area contributed by atoms with E-state index in [-0.39, 0.29) is 6.04 Å².